The van der Waals surface area contributed by atoms with E-state index in [1.54, 1.807) is 11.8 Å². The summed E-state index contributed by atoms with van der Waals surface area (Å²) in [6, 6.07) is 9.56. The van der Waals surface area contributed by atoms with Crippen LogP contribution >= 0.6 is 0 Å². The Kier molecular flexibility index (Phi) is 6.03. The molecule has 0 saturated carbocycles. The van der Waals surface area contributed by atoms with Gasteiger partial charge in [0.05, 0.1) is 22.3 Å². The van der Waals surface area contributed by atoms with Gasteiger partial charge in [-0.3, -0.25) is 14.6 Å². The van der Waals surface area contributed by atoms with Gasteiger partial charge in [-0.1, -0.05) is 32.0 Å². The van der Waals surface area contributed by atoms with Crippen LogP contribution in [-0.2, 0) is 0 Å². The third-order valence-electron chi connectivity index (χ3n) is 5.77. The number of pyridine rings is 1. The number of nitrogens with two attached hydrogens (primary N) is 1. The van der Waals surface area contributed by atoms with E-state index in [1.807, 2.05) is 30.3 Å². The summed E-state index contributed by atoms with van der Waals surface area (Å²) in [6.45, 7) is 7.63. The average Bonchev–Trinajstić information content (AvgIpc) is 3.26. The van der Waals surface area contributed by atoms with Crippen molar-refractivity contribution in [2.45, 2.75) is 33.1 Å². The van der Waals surface area contributed by atoms with Gasteiger partial charge in [0, 0.05) is 42.8 Å². The number of nitrogen functional groups attached to an aromatic ring is 1. The lowest BCUT2D eigenvalue weighted by atomic mass is 9.99. The molecule has 1 unspecified atom stereocenters. The van der Waals surface area contributed by atoms with Gasteiger partial charge in [-0.25, -0.2) is 9.97 Å². The van der Waals surface area contributed by atoms with Crippen molar-refractivity contribution < 1.29 is 9.59 Å². The second-order valence-corrected chi connectivity index (χ2v) is 8.68. The first-order chi connectivity index (χ1) is 15.3. The molecule has 3 heterocycles. The number of benzene rings is 1. The summed E-state index contributed by atoms with van der Waals surface area (Å²) >= 11 is 0. The van der Waals surface area contributed by atoms with Gasteiger partial charge in [0.2, 0.25) is 5.95 Å². The van der Waals surface area contributed by atoms with Gasteiger partial charge in [-0.05, 0) is 31.4 Å². The molecular formula is C24H28N6O2. The molecule has 1 fully saturated rings. The van der Waals surface area contributed by atoms with Crippen molar-refractivity contribution in [2.75, 3.05) is 25.4 Å². The van der Waals surface area contributed by atoms with Crippen LogP contribution in [0.3, 0.4) is 0 Å². The molecule has 4 rings (SSSR count). The topological polar surface area (TPSA) is 114 Å². The molecule has 1 saturated heterocycles. The van der Waals surface area contributed by atoms with Crippen molar-refractivity contribution in [3.8, 4) is 0 Å². The molecule has 166 valence electrons. The van der Waals surface area contributed by atoms with Gasteiger partial charge >= 0.3 is 0 Å². The maximum atomic E-state index is 13.0. The number of carbonyl (C=O) groups excluding carboxylic acids is 2. The molecule has 0 spiro atoms. The molecule has 8 nitrogen and oxygen atoms in total. The summed E-state index contributed by atoms with van der Waals surface area (Å²) in [7, 11) is 0. The lowest BCUT2D eigenvalue weighted by Crippen LogP contribution is -2.30. The van der Waals surface area contributed by atoms with E-state index in [0.29, 0.717) is 42.4 Å². The second kappa shape index (κ2) is 8.90. The molecule has 0 radical (unpaired) electrons. The predicted octanol–water partition coefficient (Wildman–Crippen LogP) is 2.93. The van der Waals surface area contributed by atoms with E-state index in [1.165, 1.54) is 6.20 Å². The molecule has 1 aliphatic rings. The van der Waals surface area contributed by atoms with Crippen LogP contribution in [0.4, 0.5) is 5.95 Å². The summed E-state index contributed by atoms with van der Waals surface area (Å²) in [5, 5.41) is 3.84. The molecule has 1 aliphatic heterocycles. The van der Waals surface area contributed by atoms with Crippen LogP contribution in [0.5, 0.6) is 0 Å². The molecule has 1 atom stereocenters. The van der Waals surface area contributed by atoms with E-state index in [-0.39, 0.29) is 23.7 Å². The predicted molar refractivity (Wildman–Crippen MR) is 123 cm³/mol. The molecule has 0 aliphatic carbocycles. The zero-order valence-corrected chi connectivity index (χ0v) is 18.6. The van der Waals surface area contributed by atoms with Crippen LogP contribution in [0.25, 0.3) is 10.9 Å². The maximum Gasteiger partial charge on any atom is 0.257 e. The van der Waals surface area contributed by atoms with Crippen LogP contribution < -0.4 is 11.1 Å². The highest BCUT2D eigenvalue weighted by Gasteiger charge is 2.30. The Morgan fingerprint density at radius 1 is 1.22 bits per heavy atom. The number of aryl methyl sites for hydroxylation is 1. The van der Waals surface area contributed by atoms with Crippen LogP contribution in [0, 0.1) is 12.8 Å². The van der Waals surface area contributed by atoms with E-state index in [2.05, 4.69) is 29.1 Å². The maximum absolute atomic E-state index is 13.0. The summed E-state index contributed by atoms with van der Waals surface area (Å²) < 4.78 is 0. The van der Waals surface area contributed by atoms with Crippen molar-refractivity contribution in [1.29, 1.82) is 0 Å². The van der Waals surface area contributed by atoms with Gasteiger partial charge in [0.1, 0.15) is 0 Å². The Hall–Kier alpha value is -3.55. The number of hydrogen-bond donors (Lipinski definition) is 2. The van der Waals surface area contributed by atoms with E-state index in [0.717, 1.165) is 23.0 Å². The Morgan fingerprint density at radius 2 is 2.00 bits per heavy atom. The molecule has 32 heavy (non-hydrogen) atoms. The highest BCUT2D eigenvalue weighted by molar-refractivity contribution is 6.06. The fraction of sp³-hybridized carbons (Fsp3) is 0.375. The molecule has 8 heteroatoms. The standard InChI is InChI=1S/C24H28N6O2/c1-14(2)11-26-22(31)18-10-21(29-20-7-5-4-6-17(18)20)16-8-9-30(13-16)23(32)19-12-27-24(25)28-15(19)3/h4-7,10,12,14,16H,8-9,11,13H2,1-3H3,(H,26,31)(H2,25,27,28). The van der Waals surface area contributed by atoms with Crippen molar-refractivity contribution in [1.82, 2.24) is 25.2 Å². The average molecular weight is 433 g/mol. The first-order valence-corrected chi connectivity index (χ1v) is 10.9. The van der Waals surface area contributed by atoms with E-state index >= 15 is 0 Å². The van der Waals surface area contributed by atoms with Crippen molar-refractivity contribution >= 4 is 28.7 Å². The lowest BCUT2D eigenvalue weighted by Gasteiger charge is -2.18. The Labute approximate surface area is 187 Å². The minimum atomic E-state index is -0.110. The zero-order valence-electron chi connectivity index (χ0n) is 18.6. The molecule has 1 aromatic carbocycles. The zero-order chi connectivity index (χ0) is 22.8. The van der Waals surface area contributed by atoms with Crippen molar-refractivity contribution in [3.05, 3.63) is 59.0 Å². The largest absolute Gasteiger partial charge is 0.368 e. The Balaban J connectivity index is 1.60. The van der Waals surface area contributed by atoms with Crippen LogP contribution in [0.15, 0.2) is 36.5 Å². The Bertz CT molecular complexity index is 1180. The molecule has 2 amide bonds. The molecular weight excluding hydrogens is 404 g/mol. The van der Waals surface area contributed by atoms with Gasteiger partial charge in [-0.15, -0.1) is 0 Å². The third-order valence-corrected chi connectivity index (χ3v) is 5.77. The summed E-state index contributed by atoms with van der Waals surface area (Å²) in [5.74, 6) is 0.360. The van der Waals surface area contributed by atoms with Crippen LogP contribution in [0.1, 0.15) is 58.3 Å². The number of nitrogens with zero attached hydrogens (tertiary/aromatic N) is 4. The highest BCUT2D eigenvalue weighted by Crippen LogP contribution is 2.30. The monoisotopic (exact) mass is 432 g/mol. The van der Waals surface area contributed by atoms with Gasteiger partial charge in [-0.2, -0.15) is 0 Å². The molecule has 3 N–H and O–H groups in total. The molecule has 2 aromatic heterocycles. The number of nitrogens with one attached hydrogen (secondary N) is 1. The fourth-order valence-corrected chi connectivity index (χ4v) is 4.04. The third kappa shape index (κ3) is 4.39. The lowest BCUT2D eigenvalue weighted by molar-refractivity contribution is 0.0788. The van der Waals surface area contributed by atoms with Crippen molar-refractivity contribution in [2.24, 2.45) is 5.92 Å². The van der Waals surface area contributed by atoms with Crippen molar-refractivity contribution in [3.63, 3.8) is 0 Å². The normalized spacial score (nSPS) is 16.0. The number of para-hydroxylation sites is 1. The fourth-order valence-electron chi connectivity index (χ4n) is 4.04. The second-order valence-electron chi connectivity index (χ2n) is 8.68. The number of rotatable bonds is 5. The minimum absolute atomic E-state index is 0.0511. The first-order valence-electron chi connectivity index (χ1n) is 10.9. The Morgan fingerprint density at radius 3 is 2.75 bits per heavy atom. The summed E-state index contributed by atoms with van der Waals surface area (Å²) in [6.07, 6.45) is 2.26. The number of hydrogen-bond acceptors (Lipinski definition) is 6. The highest BCUT2D eigenvalue weighted by atomic mass is 16.2. The van der Waals surface area contributed by atoms with Gasteiger partial charge in [0.25, 0.3) is 11.8 Å². The van der Waals surface area contributed by atoms with E-state index < -0.39 is 0 Å². The smallest absolute Gasteiger partial charge is 0.257 e. The van der Waals surface area contributed by atoms with E-state index in [9.17, 15) is 9.59 Å². The molecule has 3 aromatic rings. The summed E-state index contributed by atoms with van der Waals surface area (Å²) in [4.78, 5) is 40.6. The molecule has 0 bridgehead atoms. The number of anilines is 1. The SMILES string of the molecule is Cc1nc(N)ncc1C(=O)N1CCC(c2cc(C(=O)NCC(C)C)c3ccccc3n2)C1. The minimum Gasteiger partial charge on any atom is -0.368 e. The number of carbonyl (C=O) groups is 2. The van der Waals surface area contributed by atoms with Crippen LogP contribution in [0.2, 0.25) is 0 Å². The van der Waals surface area contributed by atoms with Gasteiger partial charge in [0.15, 0.2) is 0 Å². The van der Waals surface area contributed by atoms with Gasteiger partial charge < -0.3 is 16.0 Å². The summed E-state index contributed by atoms with van der Waals surface area (Å²) in [5.41, 5.74) is 8.88. The number of fused-ring (bicyclic) bond motifs is 1. The number of likely N-dealkylation sites (tertiary alicyclic amines) is 1. The van der Waals surface area contributed by atoms with Crippen LogP contribution in [-0.4, -0.2) is 51.3 Å². The number of aromatic nitrogens is 3. The van der Waals surface area contributed by atoms with E-state index in [4.69, 9.17) is 10.7 Å². The number of amides is 2. The first kappa shape index (κ1) is 21.7. The quantitative estimate of drug-likeness (QED) is 0.641.